The van der Waals surface area contributed by atoms with Gasteiger partial charge in [0.25, 0.3) is 0 Å². The van der Waals surface area contributed by atoms with Gasteiger partial charge in [0.2, 0.25) is 0 Å². The van der Waals surface area contributed by atoms with Crippen molar-refractivity contribution < 1.29 is 0 Å². The van der Waals surface area contributed by atoms with Gasteiger partial charge in [-0.05, 0) is 58.0 Å². The van der Waals surface area contributed by atoms with E-state index in [9.17, 15) is 0 Å². The maximum Gasteiger partial charge on any atom is 0.109 e. The minimum Gasteiger partial charge on any atom is -0.249 e. The molecule has 1 aromatic heterocycles. The standard InChI is InChI=1S/C27H16BrNS/c28-21-9-2-7-19(16-21)18-6-1-8-20(15-18)22-13-12-17-5-3-11-24-25(17)26(22)23-10-4-14-29-27(23)30-24/h1-16H. The number of halogens is 1. The van der Waals surface area contributed by atoms with Crippen LogP contribution >= 0.6 is 27.7 Å². The first-order chi connectivity index (χ1) is 14.8. The molecule has 1 aliphatic heterocycles. The number of hydrogen-bond donors (Lipinski definition) is 0. The Kier molecular flexibility index (Phi) is 4.26. The van der Waals surface area contributed by atoms with E-state index in [1.54, 1.807) is 11.8 Å². The fourth-order valence-corrected chi connectivity index (χ4v) is 5.72. The van der Waals surface area contributed by atoms with E-state index in [4.69, 9.17) is 0 Å². The van der Waals surface area contributed by atoms with Crippen molar-refractivity contribution in [2.24, 2.45) is 0 Å². The second-order valence-corrected chi connectivity index (χ2v) is 9.34. The summed E-state index contributed by atoms with van der Waals surface area (Å²) in [6.07, 6.45) is 1.88. The zero-order valence-corrected chi connectivity index (χ0v) is 18.4. The number of nitrogens with zero attached hydrogens (tertiary/aromatic N) is 1. The van der Waals surface area contributed by atoms with Gasteiger partial charge in [-0.15, -0.1) is 0 Å². The number of hydrogen-bond acceptors (Lipinski definition) is 2. The highest BCUT2D eigenvalue weighted by molar-refractivity contribution is 9.10. The van der Waals surface area contributed by atoms with Gasteiger partial charge in [-0.3, -0.25) is 0 Å². The lowest BCUT2D eigenvalue weighted by atomic mass is 9.89. The summed E-state index contributed by atoms with van der Waals surface area (Å²) >= 11 is 5.36. The number of pyridine rings is 1. The molecule has 2 heterocycles. The third-order valence-corrected chi connectivity index (χ3v) is 7.16. The minimum absolute atomic E-state index is 1.08. The van der Waals surface area contributed by atoms with Gasteiger partial charge < -0.3 is 0 Å². The zero-order chi connectivity index (χ0) is 20.1. The van der Waals surface area contributed by atoms with Crippen LogP contribution in [0.4, 0.5) is 0 Å². The fourth-order valence-electron chi connectivity index (χ4n) is 4.25. The SMILES string of the molecule is Brc1cccc(-c2cccc(-c3ccc4cccc5c4c3-c3cccnc3S5)c2)c1. The highest BCUT2D eigenvalue weighted by atomic mass is 79.9. The first-order valence-electron chi connectivity index (χ1n) is 9.83. The molecule has 30 heavy (non-hydrogen) atoms. The number of aromatic nitrogens is 1. The van der Waals surface area contributed by atoms with Gasteiger partial charge >= 0.3 is 0 Å². The Hall–Kier alpha value is -2.88. The number of benzene rings is 4. The molecule has 0 bridgehead atoms. The number of fused-ring (bicyclic) bond motifs is 2. The van der Waals surface area contributed by atoms with Crippen molar-refractivity contribution in [1.82, 2.24) is 4.98 Å². The van der Waals surface area contributed by atoms with Crippen LogP contribution < -0.4 is 0 Å². The minimum atomic E-state index is 1.08. The van der Waals surface area contributed by atoms with Gasteiger partial charge in [0, 0.05) is 32.1 Å². The topological polar surface area (TPSA) is 12.9 Å². The van der Waals surface area contributed by atoms with Crippen LogP contribution in [-0.2, 0) is 0 Å². The Morgan fingerprint density at radius 3 is 2.37 bits per heavy atom. The molecule has 1 aliphatic rings. The Balaban J connectivity index is 1.63. The molecule has 0 unspecified atom stereocenters. The van der Waals surface area contributed by atoms with Gasteiger partial charge in [0.05, 0.1) is 0 Å². The summed E-state index contributed by atoms with van der Waals surface area (Å²) in [5, 5.41) is 3.68. The highest BCUT2D eigenvalue weighted by Crippen LogP contribution is 2.50. The largest absolute Gasteiger partial charge is 0.249 e. The van der Waals surface area contributed by atoms with Crippen molar-refractivity contribution in [3.8, 4) is 33.4 Å². The monoisotopic (exact) mass is 465 g/mol. The predicted octanol–water partition coefficient (Wildman–Crippen LogP) is 8.46. The average molecular weight is 466 g/mol. The Labute approximate surface area is 187 Å². The van der Waals surface area contributed by atoms with Crippen LogP contribution in [0.5, 0.6) is 0 Å². The van der Waals surface area contributed by atoms with Gasteiger partial charge in [0.1, 0.15) is 5.03 Å². The van der Waals surface area contributed by atoms with E-state index in [1.165, 1.54) is 49.0 Å². The van der Waals surface area contributed by atoms with Gasteiger partial charge in [0.15, 0.2) is 0 Å². The Morgan fingerprint density at radius 2 is 1.47 bits per heavy atom. The van der Waals surface area contributed by atoms with Crippen molar-refractivity contribution in [3.05, 3.63) is 102 Å². The average Bonchev–Trinajstić information content (AvgIpc) is 2.79. The molecule has 1 nitrogen and oxygen atoms in total. The molecular weight excluding hydrogens is 450 g/mol. The van der Waals surface area contributed by atoms with Crippen LogP contribution in [0.3, 0.4) is 0 Å². The molecule has 0 radical (unpaired) electrons. The van der Waals surface area contributed by atoms with Crippen LogP contribution in [0.1, 0.15) is 0 Å². The molecule has 0 saturated carbocycles. The lowest BCUT2D eigenvalue weighted by Crippen LogP contribution is -1.97. The molecule has 0 N–H and O–H groups in total. The summed E-state index contributed by atoms with van der Waals surface area (Å²) in [5.74, 6) is 0. The molecule has 0 spiro atoms. The lowest BCUT2D eigenvalue weighted by molar-refractivity contribution is 1.13. The second kappa shape index (κ2) is 7.12. The lowest BCUT2D eigenvalue weighted by Gasteiger charge is -2.22. The normalized spacial score (nSPS) is 12.0. The molecule has 0 aliphatic carbocycles. The Bertz CT molecular complexity index is 1440. The highest BCUT2D eigenvalue weighted by Gasteiger charge is 2.23. The van der Waals surface area contributed by atoms with Crippen LogP contribution in [0, 0.1) is 0 Å². The molecule has 0 amide bonds. The molecule has 4 aromatic carbocycles. The molecule has 5 aromatic rings. The van der Waals surface area contributed by atoms with Crippen molar-refractivity contribution in [3.63, 3.8) is 0 Å². The summed E-state index contributed by atoms with van der Waals surface area (Å²) in [4.78, 5) is 5.95. The van der Waals surface area contributed by atoms with E-state index in [-0.39, 0.29) is 0 Å². The zero-order valence-electron chi connectivity index (χ0n) is 16.0. The third kappa shape index (κ3) is 2.89. The van der Waals surface area contributed by atoms with E-state index in [0.717, 1.165) is 9.50 Å². The first-order valence-corrected chi connectivity index (χ1v) is 11.4. The van der Waals surface area contributed by atoms with E-state index in [1.807, 2.05) is 12.3 Å². The summed E-state index contributed by atoms with van der Waals surface area (Å²) in [7, 11) is 0. The van der Waals surface area contributed by atoms with Gasteiger partial charge in [-0.1, -0.05) is 88.4 Å². The smallest absolute Gasteiger partial charge is 0.109 e. The van der Waals surface area contributed by atoms with Crippen molar-refractivity contribution in [2.45, 2.75) is 9.92 Å². The summed E-state index contributed by atoms with van der Waals surface area (Å²) < 4.78 is 1.09. The van der Waals surface area contributed by atoms with Crippen LogP contribution in [-0.4, -0.2) is 4.98 Å². The van der Waals surface area contributed by atoms with Gasteiger partial charge in [-0.25, -0.2) is 4.98 Å². The van der Waals surface area contributed by atoms with Crippen molar-refractivity contribution in [2.75, 3.05) is 0 Å². The van der Waals surface area contributed by atoms with E-state index in [0.29, 0.717) is 0 Å². The van der Waals surface area contributed by atoms with Crippen LogP contribution in [0.2, 0.25) is 0 Å². The van der Waals surface area contributed by atoms with E-state index in [2.05, 4.69) is 106 Å². The number of rotatable bonds is 2. The van der Waals surface area contributed by atoms with E-state index >= 15 is 0 Å². The molecule has 6 rings (SSSR count). The molecule has 142 valence electrons. The quantitative estimate of drug-likeness (QED) is 0.254. The maximum atomic E-state index is 4.67. The fraction of sp³-hybridized carbons (Fsp3) is 0. The summed E-state index contributed by atoms with van der Waals surface area (Å²) in [5.41, 5.74) is 7.40. The molecular formula is C27H16BrNS. The Morgan fingerprint density at radius 1 is 0.667 bits per heavy atom. The van der Waals surface area contributed by atoms with Crippen LogP contribution in [0.15, 0.2) is 112 Å². The van der Waals surface area contributed by atoms with E-state index < -0.39 is 0 Å². The maximum absolute atomic E-state index is 4.67. The van der Waals surface area contributed by atoms with Crippen molar-refractivity contribution in [1.29, 1.82) is 0 Å². The van der Waals surface area contributed by atoms with Gasteiger partial charge in [-0.2, -0.15) is 0 Å². The first kappa shape index (κ1) is 17.9. The second-order valence-electron chi connectivity index (χ2n) is 7.39. The van der Waals surface area contributed by atoms with Crippen LogP contribution in [0.25, 0.3) is 44.2 Å². The molecule has 0 fully saturated rings. The molecule has 0 saturated heterocycles. The summed E-state index contributed by atoms with van der Waals surface area (Å²) in [6.45, 7) is 0. The molecule has 0 atom stereocenters. The summed E-state index contributed by atoms with van der Waals surface area (Å²) in [6, 6.07) is 32.6. The third-order valence-electron chi connectivity index (χ3n) is 5.59. The molecule has 3 heteroatoms. The predicted molar refractivity (Wildman–Crippen MR) is 130 cm³/mol. The van der Waals surface area contributed by atoms with Crippen molar-refractivity contribution >= 4 is 38.5 Å².